The van der Waals surface area contributed by atoms with Gasteiger partial charge in [-0.1, -0.05) is 19.1 Å². The van der Waals surface area contributed by atoms with Gasteiger partial charge in [0.15, 0.2) is 0 Å². The Hall–Kier alpha value is -2.21. The van der Waals surface area contributed by atoms with Crippen molar-refractivity contribution >= 4 is 11.6 Å². The molecule has 1 amide bonds. The zero-order valence-corrected chi connectivity index (χ0v) is 14.3. The molecule has 0 fully saturated rings. The number of aryl methyl sites for hydroxylation is 1. The van der Waals surface area contributed by atoms with Gasteiger partial charge < -0.3 is 4.90 Å². The first kappa shape index (κ1) is 15.3. The van der Waals surface area contributed by atoms with Gasteiger partial charge in [-0.2, -0.15) is 5.10 Å². The number of amides is 1. The van der Waals surface area contributed by atoms with Crippen molar-refractivity contribution in [3.05, 3.63) is 41.5 Å². The number of fused-ring (bicyclic) bond motifs is 2. The normalized spacial score (nSPS) is 21.3. The maximum Gasteiger partial charge on any atom is 0.229 e. The van der Waals surface area contributed by atoms with Crippen LogP contribution in [0.5, 0.6) is 0 Å². The molecule has 0 spiro atoms. The van der Waals surface area contributed by atoms with Crippen LogP contribution in [0.15, 0.2) is 24.5 Å². The first-order valence-electron chi connectivity index (χ1n) is 8.60. The Balaban J connectivity index is 1.55. The average molecular weight is 325 g/mol. The quantitative estimate of drug-likeness (QED) is 0.845. The smallest absolute Gasteiger partial charge is 0.229 e. The molecular weight excluding hydrogens is 302 g/mol. The second-order valence-electron chi connectivity index (χ2n) is 6.91. The molecular formula is C18H23N5O. The summed E-state index contributed by atoms with van der Waals surface area (Å²) in [6, 6.07) is 6.58. The molecule has 0 aliphatic carbocycles. The summed E-state index contributed by atoms with van der Waals surface area (Å²) in [6.07, 6.45) is 3.53. The fourth-order valence-electron chi connectivity index (χ4n) is 3.68. The monoisotopic (exact) mass is 325 g/mol. The van der Waals surface area contributed by atoms with Crippen molar-refractivity contribution in [1.82, 2.24) is 19.7 Å². The molecule has 1 atom stereocenters. The van der Waals surface area contributed by atoms with Crippen molar-refractivity contribution in [3.8, 4) is 0 Å². The van der Waals surface area contributed by atoms with Gasteiger partial charge in [0.1, 0.15) is 12.2 Å². The summed E-state index contributed by atoms with van der Waals surface area (Å²) in [5.41, 5.74) is 3.59. The van der Waals surface area contributed by atoms with Crippen LogP contribution in [0.4, 0.5) is 5.69 Å². The molecule has 1 aromatic carbocycles. The van der Waals surface area contributed by atoms with Gasteiger partial charge in [-0.25, -0.2) is 9.67 Å². The van der Waals surface area contributed by atoms with Crippen LogP contribution >= 0.6 is 0 Å². The summed E-state index contributed by atoms with van der Waals surface area (Å²) >= 11 is 0. The predicted molar refractivity (Wildman–Crippen MR) is 91.5 cm³/mol. The molecule has 0 saturated carbocycles. The van der Waals surface area contributed by atoms with Crippen LogP contribution in [0.1, 0.15) is 30.3 Å². The van der Waals surface area contributed by atoms with Crippen molar-refractivity contribution in [3.63, 3.8) is 0 Å². The zero-order valence-electron chi connectivity index (χ0n) is 14.3. The Morgan fingerprint density at radius 1 is 1.29 bits per heavy atom. The number of carbonyl (C=O) groups excluding carboxylic acids is 1. The molecule has 0 unspecified atom stereocenters. The van der Waals surface area contributed by atoms with Crippen LogP contribution in [0.25, 0.3) is 0 Å². The second kappa shape index (κ2) is 6.02. The van der Waals surface area contributed by atoms with Crippen LogP contribution in [0, 0.1) is 5.92 Å². The SMILES string of the molecule is C[C@H]1CCc2ccc(CN3CCn4ncnc4C3)cc2N(C)C1=O. The number of carbonyl (C=O) groups is 1. The third-order valence-electron chi connectivity index (χ3n) is 5.20. The van der Waals surface area contributed by atoms with Crippen molar-refractivity contribution < 1.29 is 4.79 Å². The summed E-state index contributed by atoms with van der Waals surface area (Å²) in [4.78, 5) is 21.0. The van der Waals surface area contributed by atoms with Crippen molar-refractivity contribution in [2.75, 3.05) is 18.5 Å². The highest BCUT2D eigenvalue weighted by atomic mass is 16.2. The summed E-state index contributed by atoms with van der Waals surface area (Å²) in [7, 11) is 1.90. The van der Waals surface area contributed by atoms with E-state index in [4.69, 9.17) is 0 Å². The fraction of sp³-hybridized carbons (Fsp3) is 0.500. The highest BCUT2D eigenvalue weighted by Gasteiger charge is 2.25. The van der Waals surface area contributed by atoms with Crippen molar-refractivity contribution in [2.24, 2.45) is 5.92 Å². The summed E-state index contributed by atoms with van der Waals surface area (Å²) < 4.78 is 1.97. The number of nitrogens with zero attached hydrogens (tertiary/aromatic N) is 5. The van der Waals surface area contributed by atoms with E-state index in [1.165, 1.54) is 11.1 Å². The van der Waals surface area contributed by atoms with E-state index < -0.39 is 0 Å². The molecule has 6 nitrogen and oxygen atoms in total. The molecule has 2 aromatic rings. The van der Waals surface area contributed by atoms with Gasteiger partial charge in [-0.3, -0.25) is 9.69 Å². The largest absolute Gasteiger partial charge is 0.315 e. The minimum Gasteiger partial charge on any atom is -0.315 e. The lowest BCUT2D eigenvalue weighted by Crippen LogP contribution is -2.34. The lowest BCUT2D eigenvalue weighted by molar-refractivity contribution is -0.121. The average Bonchev–Trinajstić information content (AvgIpc) is 3.03. The van der Waals surface area contributed by atoms with Gasteiger partial charge in [0.05, 0.1) is 13.1 Å². The van der Waals surface area contributed by atoms with Gasteiger partial charge in [-0.15, -0.1) is 0 Å². The lowest BCUT2D eigenvalue weighted by Gasteiger charge is -2.27. The van der Waals surface area contributed by atoms with Crippen LogP contribution in [0.3, 0.4) is 0 Å². The van der Waals surface area contributed by atoms with E-state index in [0.717, 1.165) is 50.5 Å². The van der Waals surface area contributed by atoms with Crippen LogP contribution in [-0.4, -0.2) is 39.2 Å². The number of benzene rings is 1. The topological polar surface area (TPSA) is 54.3 Å². The van der Waals surface area contributed by atoms with Crippen molar-refractivity contribution in [2.45, 2.75) is 39.4 Å². The molecule has 1 aromatic heterocycles. The molecule has 2 aliphatic heterocycles. The maximum absolute atomic E-state index is 12.4. The Kier molecular flexibility index (Phi) is 3.84. The zero-order chi connectivity index (χ0) is 16.7. The summed E-state index contributed by atoms with van der Waals surface area (Å²) in [6.45, 7) is 5.57. The van der Waals surface area contributed by atoms with Crippen LogP contribution < -0.4 is 4.90 Å². The fourth-order valence-corrected chi connectivity index (χ4v) is 3.68. The Morgan fingerprint density at radius 3 is 3.04 bits per heavy atom. The highest BCUT2D eigenvalue weighted by Crippen LogP contribution is 2.30. The summed E-state index contributed by atoms with van der Waals surface area (Å²) in [5, 5.41) is 4.23. The third-order valence-corrected chi connectivity index (χ3v) is 5.20. The molecule has 2 aliphatic rings. The molecule has 3 heterocycles. The van der Waals surface area contributed by atoms with Crippen LogP contribution in [0.2, 0.25) is 0 Å². The Morgan fingerprint density at radius 2 is 2.17 bits per heavy atom. The van der Waals surface area contributed by atoms with E-state index in [1.54, 1.807) is 6.33 Å². The standard InChI is InChI=1S/C18H23N5O/c1-13-3-5-15-6-4-14(9-16(15)21(2)18(13)24)10-22-7-8-23-17(11-22)19-12-20-23/h4,6,9,12-13H,3,5,7-8,10-11H2,1-2H3/t13-/m0/s1. The van der Waals surface area contributed by atoms with E-state index in [9.17, 15) is 4.79 Å². The number of rotatable bonds is 2. The van der Waals surface area contributed by atoms with E-state index in [2.05, 4.69) is 33.2 Å². The number of anilines is 1. The minimum absolute atomic E-state index is 0.0966. The van der Waals surface area contributed by atoms with Crippen LogP contribution in [-0.2, 0) is 30.8 Å². The van der Waals surface area contributed by atoms with Gasteiger partial charge in [-0.05, 0) is 30.0 Å². The number of hydrogen-bond acceptors (Lipinski definition) is 4. The minimum atomic E-state index is 0.0966. The number of hydrogen-bond donors (Lipinski definition) is 0. The molecule has 0 N–H and O–H groups in total. The molecule has 0 saturated heterocycles. The second-order valence-corrected chi connectivity index (χ2v) is 6.91. The molecule has 24 heavy (non-hydrogen) atoms. The van der Waals surface area contributed by atoms with E-state index in [0.29, 0.717) is 0 Å². The van der Waals surface area contributed by atoms with Gasteiger partial charge >= 0.3 is 0 Å². The predicted octanol–water partition coefficient (Wildman–Crippen LogP) is 1.84. The first-order chi connectivity index (χ1) is 11.6. The first-order valence-corrected chi connectivity index (χ1v) is 8.60. The van der Waals surface area contributed by atoms with E-state index in [1.807, 2.05) is 23.6 Å². The molecule has 0 radical (unpaired) electrons. The van der Waals surface area contributed by atoms with E-state index >= 15 is 0 Å². The highest BCUT2D eigenvalue weighted by molar-refractivity contribution is 5.95. The van der Waals surface area contributed by atoms with Gasteiger partial charge in [0.25, 0.3) is 0 Å². The number of aromatic nitrogens is 3. The molecule has 4 rings (SSSR count). The Bertz CT molecular complexity index is 769. The summed E-state index contributed by atoms with van der Waals surface area (Å²) in [5.74, 6) is 1.34. The van der Waals surface area contributed by atoms with Gasteiger partial charge in [0, 0.05) is 31.7 Å². The molecule has 126 valence electrons. The third kappa shape index (κ3) is 2.71. The van der Waals surface area contributed by atoms with Crippen molar-refractivity contribution in [1.29, 1.82) is 0 Å². The Labute approximate surface area is 142 Å². The molecule has 6 heteroatoms. The lowest BCUT2D eigenvalue weighted by atomic mass is 10.0. The van der Waals surface area contributed by atoms with Gasteiger partial charge in [0.2, 0.25) is 5.91 Å². The van der Waals surface area contributed by atoms with E-state index in [-0.39, 0.29) is 11.8 Å². The maximum atomic E-state index is 12.4. The molecule has 0 bridgehead atoms.